The van der Waals surface area contributed by atoms with E-state index in [9.17, 15) is 9.18 Å². The Morgan fingerprint density at radius 2 is 1.82 bits per heavy atom. The van der Waals surface area contributed by atoms with E-state index in [4.69, 9.17) is 9.47 Å². The molecule has 0 spiro atoms. The molecule has 0 saturated heterocycles. The van der Waals surface area contributed by atoms with Crippen LogP contribution in [0.5, 0.6) is 5.75 Å². The predicted molar refractivity (Wildman–Crippen MR) is 83.6 cm³/mol. The number of hydrogen-bond donors (Lipinski definition) is 0. The molecule has 2 rings (SSSR count). The molecule has 0 aromatic heterocycles. The smallest absolute Gasteiger partial charge is 0.185 e. The van der Waals surface area contributed by atoms with Crippen molar-refractivity contribution >= 4 is 11.9 Å². The standard InChI is InChI=1S/C18H17FO3/c1-21-12-13-22-16-9-6-15(7-10-16)18(20)11-8-14-4-2-3-5-17(14)19/h2-11H,12-13H2,1H3/b11-8+. The molecule has 0 aliphatic heterocycles. The Morgan fingerprint density at radius 1 is 1.09 bits per heavy atom. The molecule has 0 aliphatic carbocycles. The number of benzene rings is 2. The Kier molecular flexibility index (Phi) is 5.86. The first kappa shape index (κ1) is 15.9. The zero-order valence-corrected chi connectivity index (χ0v) is 12.3. The lowest BCUT2D eigenvalue weighted by Gasteiger charge is -2.05. The lowest BCUT2D eigenvalue weighted by Crippen LogP contribution is -2.04. The predicted octanol–water partition coefficient (Wildman–Crippen LogP) is 3.75. The van der Waals surface area contributed by atoms with Crippen LogP contribution in [-0.4, -0.2) is 26.1 Å². The molecule has 0 N–H and O–H groups in total. The SMILES string of the molecule is COCCOc1ccc(C(=O)/C=C/c2ccccc2F)cc1. The molecule has 0 bridgehead atoms. The van der Waals surface area contributed by atoms with Gasteiger partial charge in [0, 0.05) is 18.2 Å². The summed E-state index contributed by atoms with van der Waals surface area (Å²) in [5, 5.41) is 0. The quantitative estimate of drug-likeness (QED) is 0.444. The number of ether oxygens (including phenoxy) is 2. The van der Waals surface area contributed by atoms with Gasteiger partial charge in [0.2, 0.25) is 0 Å². The second-order valence-corrected chi connectivity index (χ2v) is 4.58. The number of carbonyl (C=O) groups is 1. The summed E-state index contributed by atoms with van der Waals surface area (Å²) in [5.41, 5.74) is 0.905. The van der Waals surface area contributed by atoms with Crippen molar-refractivity contribution in [3.8, 4) is 5.75 Å². The van der Waals surface area contributed by atoms with Gasteiger partial charge in [-0.3, -0.25) is 4.79 Å². The molecule has 2 aromatic carbocycles. The zero-order chi connectivity index (χ0) is 15.8. The summed E-state index contributed by atoms with van der Waals surface area (Å²) in [7, 11) is 1.60. The number of allylic oxidation sites excluding steroid dienone is 1. The van der Waals surface area contributed by atoms with Gasteiger partial charge in [-0.15, -0.1) is 0 Å². The van der Waals surface area contributed by atoms with E-state index in [1.165, 1.54) is 18.2 Å². The summed E-state index contributed by atoms with van der Waals surface area (Å²) in [5.74, 6) is 0.131. The Labute approximate surface area is 129 Å². The van der Waals surface area contributed by atoms with Crippen LogP contribution in [0, 0.1) is 5.82 Å². The third-order valence-corrected chi connectivity index (χ3v) is 3.01. The van der Waals surface area contributed by atoms with Crippen molar-refractivity contribution in [3.05, 3.63) is 71.6 Å². The third kappa shape index (κ3) is 4.53. The number of carbonyl (C=O) groups excluding carboxylic acids is 1. The van der Waals surface area contributed by atoms with E-state index in [-0.39, 0.29) is 11.6 Å². The number of ketones is 1. The van der Waals surface area contributed by atoms with Crippen LogP contribution in [0.15, 0.2) is 54.6 Å². The van der Waals surface area contributed by atoms with Gasteiger partial charge in [-0.05, 0) is 42.5 Å². The topological polar surface area (TPSA) is 35.5 Å². The molecule has 0 aliphatic rings. The van der Waals surface area contributed by atoms with Crippen LogP contribution in [-0.2, 0) is 4.74 Å². The summed E-state index contributed by atoms with van der Waals surface area (Å²) in [6, 6.07) is 13.1. The van der Waals surface area contributed by atoms with Crippen molar-refractivity contribution in [2.75, 3.05) is 20.3 Å². The van der Waals surface area contributed by atoms with Gasteiger partial charge in [0.15, 0.2) is 5.78 Å². The fraction of sp³-hybridized carbons (Fsp3) is 0.167. The Morgan fingerprint density at radius 3 is 2.50 bits per heavy atom. The second-order valence-electron chi connectivity index (χ2n) is 4.58. The van der Waals surface area contributed by atoms with E-state index in [0.717, 1.165) is 0 Å². The molecule has 0 atom stereocenters. The van der Waals surface area contributed by atoms with E-state index in [1.54, 1.807) is 49.6 Å². The number of hydrogen-bond acceptors (Lipinski definition) is 3. The minimum atomic E-state index is -0.353. The summed E-state index contributed by atoms with van der Waals surface area (Å²) < 4.78 is 23.8. The average molecular weight is 300 g/mol. The Bertz CT molecular complexity index is 648. The highest BCUT2D eigenvalue weighted by molar-refractivity contribution is 6.06. The summed E-state index contributed by atoms with van der Waals surface area (Å²) in [6.07, 6.45) is 2.83. The highest BCUT2D eigenvalue weighted by Gasteiger charge is 2.03. The fourth-order valence-electron chi connectivity index (χ4n) is 1.83. The van der Waals surface area contributed by atoms with Crippen LogP contribution in [0.1, 0.15) is 15.9 Å². The molecule has 0 radical (unpaired) electrons. The van der Waals surface area contributed by atoms with E-state index in [1.807, 2.05) is 0 Å². The van der Waals surface area contributed by atoms with Gasteiger partial charge in [-0.25, -0.2) is 4.39 Å². The van der Waals surface area contributed by atoms with Gasteiger partial charge in [-0.1, -0.05) is 18.2 Å². The highest BCUT2D eigenvalue weighted by Crippen LogP contribution is 2.14. The first-order valence-corrected chi connectivity index (χ1v) is 6.89. The lowest BCUT2D eigenvalue weighted by molar-refractivity contribution is 0.104. The number of methoxy groups -OCH3 is 1. The molecule has 22 heavy (non-hydrogen) atoms. The van der Waals surface area contributed by atoms with Gasteiger partial charge in [0.05, 0.1) is 6.61 Å². The second kappa shape index (κ2) is 8.10. The van der Waals surface area contributed by atoms with Crippen molar-refractivity contribution < 1.29 is 18.7 Å². The van der Waals surface area contributed by atoms with Gasteiger partial charge >= 0.3 is 0 Å². The van der Waals surface area contributed by atoms with Crippen LogP contribution in [0.2, 0.25) is 0 Å². The van der Waals surface area contributed by atoms with Crippen LogP contribution >= 0.6 is 0 Å². The monoisotopic (exact) mass is 300 g/mol. The van der Waals surface area contributed by atoms with E-state index in [2.05, 4.69) is 0 Å². The summed E-state index contributed by atoms with van der Waals surface area (Å²) >= 11 is 0. The molecule has 3 nitrogen and oxygen atoms in total. The maximum Gasteiger partial charge on any atom is 0.185 e. The van der Waals surface area contributed by atoms with Crippen molar-refractivity contribution in [1.29, 1.82) is 0 Å². The lowest BCUT2D eigenvalue weighted by atomic mass is 10.1. The Hall–Kier alpha value is -2.46. The highest BCUT2D eigenvalue weighted by atomic mass is 19.1. The van der Waals surface area contributed by atoms with Crippen LogP contribution in [0.4, 0.5) is 4.39 Å². The van der Waals surface area contributed by atoms with Crippen molar-refractivity contribution in [2.24, 2.45) is 0 Å². The molecule has 0 saturated carbocycles. The van der Waals surface area contributed by atoms with E-state index < -0.39 is 0 Å². The first-order valence-electron chi connectivity index (χ1n) is 6.89. The molecule has 4 heteroatoms. The van der Waals surface area contributed by atoms with Gasteiger partial charge in [0.1, 0.15) is 18.2 Å². The van der Waals surface area contributed by atoms with E-state index >= 15 is 0 Å². The van der Waals surface area contributed by atoms with Gasteiger partial charge in [0.25, 0.3) is 0 Å². The Balaban J connectivity index is 1.99. The van der Waals surface area contributed by atoms with Crippen molar-refractivity contribution in [3.63, 3.8) is 0 Å². The molecule has 0 amide bonds. The van der Waals surface area contributed by atoms with Crippen molar-refractivity contribution in [2.45, 2.75) is 0 Å². The normalized spacial score (nSPS) is 10.8. The minimum absolute atomic E-state index is 0.188. The molecular weight excluding hydrogens is 283 g/mol. The summed E-state index contributed by atoms with van der Waals surface area (Å²) in [4.78, 5) is 12.0. The van der Waals surface area contributed by atoms with Crippen molar-refractivity contribution in [1.82, 2.24) is 0 Å². The minimum Gasteiger partial charge on any atom is -0.491 e. The largest absolute Gasteiger partial charge is 0.491 e. The maximum absolute atomic E-state index is 13.5. The molecule has 114 valence electrons. The average Bonchev–Trinajstić information content (AvgIpc) is 2.55. The number of halogens is 1. The maximum atomic E-state index is 13.5. The molecular formula is C18H17FO3. The van der Waals surface area contributed by atoms with Crippen LogP contribution in [0.25, 0.3) is 6.08 Å². The fourth-order valence-corrected chi connectivity index (χ4v) is 1.83. The third-order valence-electron chi connectivity index (χ3n) is 3.01. The zero-order valence-electron chi connectivity index (χ0n) is 12.3. The number of rotatable bonds is 7. The van der Waals surface area contributed by atoms with Crippen LogP contribution < -0.4 is 4.74 Å². The van der Waals surface area contributed by atoms with E-state index in [0.29, 0.717) is 30.1 Å². The molecule has 0 unspecified atom stereocenters. The van der Waals surface area contributed by atoms with Crippen LogP contribution in [0.3, 0.4) is 0 Å². The summed E-state index contributed by atoms with van der Waals surface area (Å²) in [6.45, 7) is 0.961. The molecule has 0 heterocycles. The molecule has 0 fully saturated rings. The first-order chi connectivity index (χ1) is 10.7. The molecule has 2 aromatic rings. The van der Waals surface area contributed by atoms with Gasteiger partial charge in [-0.2, -0.15) is 0 Å². The van der Waals surface area contributed by atoms with Gasteiger partial charge < -0.3 is 9.47 Å².